The minimum absolute atomic E-state index is 0.0239. The van der Waals surface area contributed by atoms with Crippen LogP contribution in [0.15, 0.2) is 18.2 Å². The lowest BCUT2D eigenvalue weighted by Gasteiger charge is -2.10. The number of nitrogens with one attached hydrogen (secondary N) is 1. The molecule has 90 valence electrons. The van der Waals surface area contributed by atoms with Gasteiger partial charge in [-0.1, -0.05) is 12.1 Å². The van der Waals surface area contributed by atoms with E-state index >= 15 is 0 Å². The summed E-state index contributed by atoms with van der Waals surface area (Å²) in [6.07, 6.45) is 0. The van der Waals surface area contributed by atoms with Crippen LogP contribution in [0.3, 0.4) is 0 Å². The fourth-order valence-corrected chi connectivity index (χ4v) is 1.37. The lowest BCUT2D eigenvalue weighted by atomic mass is 10.1. The molecule has 0 aromatic heterocycles. The number of carboxylic acids is 1. The molecule has 1 aromatic rings. The van der Waals surface area contributed by atoms with E-state index in [0.717, 1.165) is 0 Å². The maximum absolute atomic E-state index is 11.0. The van der Waals surface area contributed by atoms with Crippen LogP contribution in [0.1, 0.15) is 22.8 Å². The van der Waals surface area contributed by atoms with E-state index in [1.807, 2.05) is 0 Å². The number of rotatable bonds is 4. The zero-order valence-electron chi connectivity index (χ0n) is 8.97. The Labute approximate surface area is 96.2 Å². The second kappa shape index (κ2) is 5.06. The van der Waals surface area contributed by atoms with E-state index in [-0.39, 0.29) is 16.8 Å². The largest absolute Gasteiger partial charge is 0.478 e. The summed E-state index contributed by atoms with van der Waals surface area (Å²) >= 11 is 0. The molecule has 0 saturated heterocycles. The first-order valence-electron chi connectivity index (χ1n) is 4.66. The maximum atomic E-state index is 11.0. The van der Waals surface area contributed by atoms with Gasteiger partial charge in [0.2, 0.25) is 12.5 Å². The fraction of sp³-hybridized carbons (Fsp3) is 0.200. The van der Waals surface area contributed by atoms with Crippen molar-refractivity contribution in [3.8, 4) is 0 Å². The molecule has 0 atom stereocenters. The van der Waals surface area contributed by atoms with Crippen molar-refractivity contribution in [2.75, 3.05) is 5.32 Å². The Morgan fingerprint density at radius 1 is 1.47 bits per heavy atom. The first kappa shape index (κ1) is 12.6. The molecule has 1 rings (SSSR count). The number of nitrogens with zero attached hydrogens (tertiary/aromatic N) is 1. The summed E-state index contributed by atoms with van der Waals surface area (Å²) in [7, 11) is 0. The average molecular weight is 238 g/mol. The van der Waals surface area contributed by atoms with Crippen LogP contribution < -0.4 is 5.32 Å². The molecular weight excluding hydrogens is 228 g/mol. The molecule has 0 radical (unpaired) electrons. The van der Waals surface area contributed by atoms with Crippen molar-refractivity contribution in [2.24, 2.45) is 0 Å². The molecular formula is C10H10N2O5. The highest BCUT2D eigenvalue weighted by Gasteiger charge is 2.17. The molecule has 0 bridgehead atoms. The summed E-state index contributed by atoms with van der Waals surface area (Å²) in [6.45, 7) is 0.658. The van der Waals surface area contributed by atoms with Gasteiger partial charge in [-0.05, 0) is 6.07 Å². The summed E-state index contributed by atoms with van der Waals surface area (Å²) in [5.74, 6) is -1.73. The van der Waals surface area contributed by atoms with Gasteiger partial charge in [-0.2, -0.15) is 0 Å². The van der Waals surface area contributed by atoms with E-state index in [1.165, 1.54) is 25.1 Å². The Kier molecular flexibility index (Phi) is 3.76. The first-order valence-corrected chi connectivity index (χ1v) is 4.66. The molecule has 0 heterocycles. The number of carbonyl (C=O) groups is 2. The minimum Gasteiger partial charge on any atom is -0.478 e. The van der Waals surface area contributed by atoms with Crippen molar-refractivity contribution in [3.63, 3.8) is 0 Å². The van der Waals surface area contributed by atoms with Gasteiger partial charge in [0.1, 0.15) is 0 Å². The van der Waals surface area contributed by atoms with Gasteiger partial charge in [0.25, 0.3) is 0 Å². The van der Waals surface area contributed by atoms with Crippen LogP contribution in [0, 0.1) is 10.1 Å². The Balaban J connectivity index is 3.28. The van der Waals surface area contributed by atoms with E-state index in [0.29, 0.717) is 0 Å². The van der Waals surface area contributed by atoms with Crippen molar-refractivity contribution in [1.29, 1.82) is 0 Å². The Bertz CT molecular complexity index is 484. The number of carbonyl (C=O) groups excluding carboxylic acids is 1. The van der Waals surface area contributed by atoms with Gasteiger partial charge in [-0.15, -0.1) is 0 Å². The van der Waals surface area contributed by atoms with E-state index in [4.69, 9.17) is 5.11 Å². The number of hydrogen-bond acceptors (Lipinski definition) is 4. The molecule has 0 aliphatic heterocycles. The Morgan fingerprint density at radius 2 is 2.12 bits per heavy atom. The van der Waals surface area contributed by atoms with Crippen molar-refractivity contribution >= 4 is 17.6 Å². The summed E-state index contributed by atoms with van der Waals surface area (Å²) in [6, 6.07) is 4.07. The quantitative estimate of drug-likeness (QED) is 0.603. The topological polar surface area (TPSA) is 110 Å². The number of carboxylic acid groups (broad SMARTS) is 1. The Hall–Kier alpha value is -2.44. The normalized spacial score (nSPS) is 9.71. The van der Waals surface area contributed by atoms with Crippen LogP contribution in [-0.2, 0) is 11.3 Å². The third-order valence-electron chi connectivity index (χ3n) is 1.98. The number of para-hydroxylation sites is 1. The third-order valence-corrected chi connectivity index (χ3v) is 1.98. The number of amides is 1. The molecule has 0 saturated carbocycles. The van der Waals surface area contributed by atoms with Crippen LogP contribution >= 0.6 is 0 Å². The highest BCUT2D eigenvalue weighted by Crippen LogP contribution is 2.22. The van der Waals surface area contributed by atoms with Crippen LogP contribution in [0.4, 0.5) is 5.69 Å². The van der Waals surface area contributed by atoms with Gasteiger partial charge in [0, 0.05) is 17.4 Å². The molecule has 0 unspecified atom stereocenters. The molecule has 7 heteroatoms. The van der Waals surface area contributed by atoms with E-state index in [2.05, 4.69) is 5.32 Å². The summed E-state index contributed by atoms with van der Waals surface area (Å²) in [5.41, 5.74) is -0.0335. The molecule has 17 heavy (non-hydrogen) atoms. The van der Waals surface area contributed by atoms with Crippen molar-refractivity contribution in [2.45, 2.75) is 13.5 Å². The number of anilines is 1. The van der Waals surface area contributed by atoms with Gasteiger partial charge in [0.15, 0.2) is 0 Å². The van der Waals surface area contributed by atoms with Crippen LogP contribution in [0.2, 0.25) is 0 Å². The average Bonchev–Trinajstić information content (AvgIpc) is 2.18. The number of benzene rings is 1. The van der Waals surface area contributed by atoms with E-state index < -0.39 is 23.3 Å². The van der Waals surface area contributed by atoms with Crippen molar-refractivity contribution < 1.29 is 19.6 Å². The molecule has 0 spiro atoms. The van der Waals surface area contributed by atoms with Crippen molar-refractivity contribution in [1.82, 2.24) is 0 Å². The SMILES string of the molecule is CC(=O)Nc1c(C[N+](=O)[O-])cccc1C(=O)O. The van der Waals surface area contributed by atoms with E-state index in [1.54, 1.807) is 0 Å². The predicted octanol–water partition coefficient (Wildman–Crippen LogP) is 1.12. The summed E-state index contributed by atoms with van der Waals surface area (Å²) < 4.78 is 0. The lowest BCUT2D eigenvalue weighted by molar-refractivity contribution is -0.496. The molecule has 0 fully saturated rings. The summed E-state index contributed by atoms with van der Waals surface area (Å²) in [5, 5.41) is 21.7. The minimum atomic E-state index is -1.25. The number of nitro groups is 1. The fourth-order valence-electron chi connectivity index (χ4n) is 1.37. The molecule has 0 aliphatic carbocycles. The zero-order chi connectivity index (χ0) is 13.0. The standard InChI is InChI=1S/C10H10N2O5/c1-6(13)11-9-7(5-12(16)17)3-2-4-8(9)10(14)15/h2-4H,5H2,1H3,(H,11,13)(H,14,15). The summed E-state index contributed by atoms with van der Waals surface area (Å²) in [4.78, 5) is 31.7. The second-order valence-corrected chi connectivity index (χ2v) is 3.32. The lowest BCUT2D eigenvalue weighted by Crippen LogP contribution is -2.14. The van der Waals surface area contributed by atoms with Gasteiger partial charge in [0.05, 0.1) is 11.3 Å². The molecule has 7 nitrogen and oxygen atoms in total. The molecule has 1 aromatic carbocycles. The first-order chi connectivity index (χ1) is 7.91. The van der Waals surface area contributed by atoms with E-state index in [9.17, 15) is 19.7 Å². The number of aromatic carboxylic acids is 1. The predicted molar refractivity (Wildman–Crippen MR) is 58.4 cm³/mol. The van der Waals surface area contributed by atoms with Gasteiger partial charge >= 0.3 is 5.97 Å². The number of hydrogen-bond donors (Lipinski definition) is 2. The van der Waals surface area contributed by atoms with Crippen LogP contribution in [0.5, 0.6) is 0 Å². The highest BCUT2D eigenvalue weighted by molar-refractivity contribution is 6.00. The maximum Gasteiger partial charge on any atom is 0.337 e. The van der Waals surface area contributed by atoms with Crippen LogP contribution in [0.25, 0.3) is 0 Å². The van der Waals surface area contributed by atoms with Gasteiger partial charge < -0.3 is 10.4 Å². The van der Waals surface area contributed by atoms with Crippen molar-refractivity contribution in [3.05, 3.63) is 39.4 Å². The molecule has 0 aliphatic rings. The molecule has 2 N–H and O–H groups in total. The third kappa shape index (κ3) is 3.26. The Morgan fingerprint density at radius 3 is 2.59 bits per heavy atom. The smallest absolute Gasteiger partial charge is 0.337 e. The monoisotopic (exact) mass is 238 g/mol. The zero-order valence-corrected chi connectivity index (χ0v) is 8.97. The van der Waals surface area contributed by atoms with Gasteiger partial charge in [-0.25, -0.2) is 4.79 Å². The second-order valence-electron chi connectivity index (χ2n) is 3.32. The molecule has 1 amide bonds. The van der Waals surface area contributed by atoms with Crippen LogP contribution in [-0.4, -0.2) is 21.9 Å². The van der Waals surface area contributed by atoms with Gasteiger partial charge in [-0.3, -0.25) is 14.9 Å². The highest BCUT2D eigenvalue weighted by atomic mass is 16.6.